The van der Waals surface area contributed by atoms with Crippen LogP contribution in [0.5, 0.6) is 5.06 Å². The van der Waals surface area contributed by atoms with Crippen molar-refractivity contribution in [3.63, 3.8) is 0 Å². The van der Waals surface area contributed by atoms with Crippen LogP contribution in [-0.2, 0) is 4.79 Å². The van der Waals surface area contributed by atoms with Crippen LogP contribution in [-0.4, -0.2) is 67.1 Å². The Balaban J connectivity index is 1.32. The molecule has 2 unspecified atom stereocenters. The Labute approximate surface area is 240 Å². The van der Waals surface area contributed by atoms with E-state index < -0.39 is 6.09 Å². The Bertz CT molecular complexity index is 1220. The van der Waals surface area contributed by atoms with Crippen molar-refractivity contribution in [1.29, 1.82) is 0 Å². The fraction of sp³-hybridized carbons (Fsp3) is 0.481. The molecule has 12 heteroatoms. The van der Waals surface area contributed by atoms with Crippen molar-refractivity contribution >= 4 is 56.9 Å². The summed E-state index contributed by atoms with van der Waals surface area (Å²) in [4.78, 5) is 53.9. The van der Waals surface area contributed by atoms with E-state index in [0.717, 1.165) is 35.0 Å². The number of hydrogen-bond donors (Lipinski definition) is 3. The van der Waals surface area contributed by atoms with Gasteiger partial charge in [0.15, 0.2) is 5.06 Å². The summed E-state index contributed by atoms with van der Waals surface area (Å²) < 4.78 is 6.14. The summed E-state index contributed by atoms with van der Waals surface area (Å²) in [7, 11) is 0. The van der Waals surface area contributed by atoms with Crippen LogP contribution >= 0.6 is 27.3 Å². The number of likely N-dealkylation sites (tertiary alicyclic amines) is 1. The summed E-state index contributed by atoms with van der Waals surface area (Å²) in [5, 5.41) is 9.06. The third kappa shape index (κ3) is 7.72. The maximum absolute atomic E-state index is 13.3. The molecule has 2 aliphatic heterocycles. The standard InChI is InChI=1S/C27H34BrN5O5S/c1-3-4-11-29-26(36)30-18-6-5-12-32(15-18)25(35)21-8-7-20(13-17(21)2)33-16-19(14-23(33)34)31-27(37)38-24-10-9-22(28)39-24/h7-10,13,18-19H,3-6,11-12,14-16H2,1-2H3,(H,31,37)(H2,29,30,36). The second kappa shape index (κ2) is 13.3. The highest BCUT2D eigenvalue weighted by Crippen LogP contribution is 2.29. The molecule has 2 fully saturated rings. The number of carbonyl (C=O) groups excluding carboxylic acids is 4. The van der Waals surface area contributed by atoms with E-state index in [9.17, 15) is 19.2 Å². The van der Waals surface area contributed by atoms with Crippen molar-refractivity contribution in [2.45, 2.75) is 58.0 Å². The van der Waals surface area contributed by atoms with Gasteiger partial charge in [-0.2, -0.15) is 0 Å². The number of piperidine rings is 1. The van der Waals surface area contributed by atoms with E-state index >= 15 is 0 Å². The van der Waals surface area contributed by atoms with Crippen molar-refractivity contribution < 1.29 is 23.9 Å². The van der Waals surface area contributed by atoms with Gasteiger partial charge in [0.25, 0.3) is 5.91 Å². The van der Waals surface area contributed by atoms with Crippen LogP contribution in [0.15, 0.2) is 34.1 Å². The molecule has 10 nitrogen and oxygen atoms in total. The molecular weight excluding hydrogens is 586 g/mol. The first-order valence-corrected chi connectivity index (χ1v) is 14.8. The summed E-state index contributed by atoms with van der Waals surface area (Å²) in [6, 6.07) is 8.16. The lowest BCUT2D eigenvalue weighted by Crippen LogP contribution is -2.52. The van der Waals surface area contributed by atoms with Crippen LogP contribution in [0, 0.1) is 6.92 Å². The maximum Gasteiger partial charge on any atom is 0.413 e. The number of anilines is 1. The number of benzene rings is 1. The summed E-state index contributed by atoms with van der Waals surface area (Å²) in [6.45, 7) is 5.96. The van der Waals surface area contributed by atoms with E-state index in [0.29, 0.717) is 42.5 Å². The smallest absolute Gasteiger partial charge is 0.399 e. The number of nitrogens with one attached hydrogen (secondary N) is 3. The maximum atomic E-state index is 13.3. The fourth-order valence-electron chi connectivity index (χ4n) is 4.81. The lowest BCUT2D eigenvalue weighted by atomic mass is 10.0. The topological polar surface area (TPSA) is 120 Å². The average Bonchev–Trinajstić information content (AvgIpc) is 3.47. The van der Waals surface area contributed by atoms with Gasteiger partial charge in [-0.25, -0.2) is 9.59 Å². The average molecular weight is 621 g/mol. The molecule has 0 bridgehead atoms. The number of amides is 5. The molecule has 39 heavy (non-hydrogen) atoms. The highest BCUT2D eigenvalue weighted by atomic mass is 79.9. The third-order valence-electron chi connectivity index (χ3n) is 6.80. The first-order valence-electron chi connectivity index (χ1n) is 13.2. The first kappa shape index (κ1) is 28.9. The van der Waals surface area contributed by atoms with Gasteiger partial charge in [-0.15, -0.1) is 0 Å². The molecule has 2 aliphatic rings. The van der Waals surface area contributed by atoms with Crippen molar-refractivity contribution in [3.8, 4) is 5.06 Å². The van der Waals surface area contributed by atoms with Crippen LogP contribution in [0.2, 0.25) is 0 Å². The van der Waals surface area contributed by atoms with E-state index in [1.807, 2.05) is 13.0 Å². The second-order valence-electron chi connectivity index (χ2n) is 9.84. The molecule has 2 atom stereocenters. The van der Waals surface area contributed by atoms with Crippen molar-refractivity contribution in [3.05, 3.63) is 45.2 Å². The van der Waals surface area contributed by atoms with Crippen LogP contribution in [0.3, 0.4) is 0 Å². The number of hydrogen-bond acceptors (Lipinski definition) is 6. The lowest BCUT2D eigenvalue weighted by molar-refractivity contribution is -0.117. The molecule has 0 radical (unpaired) electrons. The largest absolute Gasteiger partial charge is 0.413 e. The zero-order chi connectivity index (χ0) is 27.9. The van der Waals surface area contributed by atoms with Gasteiger partial charge in [0.1, 0.15) is 0 Å². The van der Waals surface area contributed by atoms with Gasteiger partial charge in [0.05, 0.1) is 9.83 Å². The van der Waals surface area contributed by atoms with E-state index in [4.69, 9.17) is 4.74 Å². The molecule has 2 aromatic rings. The molecule has 3 heterocycles. The minimum absolute atomic E-state index is 0.0906. The monoisotopic (exact) mass is 619 g/mol. The molecule has 5 amide bonds. The number of ether oxygens (including phenoxy) is 1. The van der Waals surface area contributed by atoms with Crippen molar-refractivity contribution in [2.24, 2.45) is 0 Å². The molecule has 3 N–H and O–H groups in total. The second-order valence-corrected chi connectivity index (χ2v) is 12.3. The summed E-state index contributed by atoms with van der Waals surface area (Å²) in [6.07, 6.45) is 3.14. The Morgan fingerprint density at radius 1 is 1.13 bits per heavy atom. The number of urea groups is 1. The predicted molar refractivity (Wildman–Crippen MR) is 153 cm³/mol. The quantitative estimate of drug-likeness (QED) is 0.378. The molecule has 210 valence electrons. The Morgan fingerprint density at radius 3 is 2.67 bits per heavy atom. The lowest BCUT2D eigenvalue weighted by Gasteiger charge is -2.33. The molecule has 0 spiro atoms. The summed E-state index contributed by atoms with van der Waals surface area (Å²) in [5.41, 5.74) is 2.01. The zero-order valence-corrected chi connectivity index (χ0v) is 24.5. The van der Waals surface area contributed by atoms with E-state index in [2.05, 4.69) is 38.8 Å². The number of unbranched alkanes of at least 4 members (excludes halogenated alkanes) is 1. The van der Waals surface area contributed by atoms with Crippen molar-refractivity contribution in [1.82, 2.24) is 20.9 Å². The minimum atomic E-state index is -0.603. The summed E-state index contributed by atoms with van der Waals surface area (Å²) >= 11 is 4.63. The van der Waals surface area contributed by atoms with Crippen LogP contribution < -0.4 is 25.6 Å². The number of rotatable bonds is 8. The first-order chi connectivity index (χ1) is 18.7. The minimum Gasteiger partial charge on any atom is -0.399 e. The highest BCUT2D eigenvalue weighted by molar-refractivity contribution is 9.11. The van der Waals surface area contributed by atoms with Gasteiger partial charge in [-0.3, -0.25) is 9.59 Å². The van der Waals surface area contributed by atoms with Crippen LogP contribution in [0.25, 0.3) is 0 Å². The normalized spacial score (nSPS) is 19.1. The van der Waals surface area contributed by atoms with E-state index in [1.165, 1.54) is 11.3 Å². The fourth-order valence-corrected chi connectivity index (χ4v) is 6.01. The number of carbonyl (C=O) groups is 4. The number of nitrogens with zero attached hydrogens (tertiary/aromatic N) is 2. The number of aryl methyl sites for hydroxylation is 1. The van der Waals surface area contributed by atoms with E-state index in [-0.39, 0.29) is 36.3 Å². The number of halogens is 1. The zero-order valence-electron chi connectivity index (χ0n) is 22.1. The Kier molecular flexibility index (Phi) is 9.84. The van der Waals surface area contributed by atoms with Gasteiger partial charge in [0, 0.05) is 49.9 Å². The van der Waals surface area contributed by atoms with Crippen LogP contribution in [0.4, 0.5) is 15.3 Å². The van der Waals surface area contributed by atoms with Gasteiger partial charge >= 0.3 is 12.1 Å². The third-order valence-corrected chi connectivity index (χ3v) is 8.30. The van der Waals surface area contributed by atoms with Gasteiger partial charge in [-0.1, -0.05) is 24.7 Å². The highest BCUT2D eigenvalue weighted by Gasteiger charge is 2.33. The van der Waals surface area contributed by atoms with Gasteiger partial charge in [0.2, 0.25) is 5.91 Å². The molecule has 2 saturated heterocycles. The number of thiophene rings is 1. The SMILES string of the molecule is CCCCNC(=O)NC1CCCN(C(=O)c2ccc(N3CC(NC(=O)Oc4ccc(Br)s4)CC3=O)cc2C)C1. The van der Waals surface area contributed by atoms with Gasteiger partial charge < -0.3 is 30.5 Å². The van der Waals surface area contributed by atoms with Gasteiger partial charge in [-0.05, 0) is 78.0 Å². The molecule has 1 aromatic carbocycles. The Hall–Kier alpha value is -3.12. The molecule has 1 aromatic heterocycles. The van der Waals surface area contributed by atoms with Crippen molar-refractivity contribution in [2.75, 3.05) is 31.1 Å². The predicted octanol–water partition coefficient (Wildman–Crippen LogP) is 4.42. The molecule has 0 saturated carbocycles. The molecule has 0 aliphatic carbocycles. The van der Waals surface area contributed by atoms with Crippen LogP contribution in [0.1, 0.15) is 54.9 Å². The molecule has 4 rings (SSSR count). The Morgan fingerprint density at radius 2 is 1.95 bits per heavy atom. The molecular formula is C27H34BrN5O5S. The summed E-state index contributed by atoms with van der Waals surface area (Å²) in [5.74, 6) is -0.202. The van der Waals surface area contributed by atoms with E-state index in [1.54, 1.807) is 34.1 Å².